The van der Waals surface area contributed by atoms with Crippen LogP contribution in [0.3, 0.4) is 0 Å². The normalized spacial score (nSPS) is 24.7. The predicted octanol–water partition coefficient (Wildman–Crippen LogP) is 2.89. The van der Waals surface area contributed by atoms with Crippen LogP contribution in [0.4, 0.5) is 0 Å². The number of aromatic amines is 1. The Morgan fingerprint density at radius 1 is 1.30 bits per heavy atom. The fraction of sp³-hybridized carbons (Fsp3) is 0.526. The highest BCUT2D eigenvalue weighted by Gasteiger charge is 2.29. The zero-order valence-corrected chi connectivity index (χ0v) is 13.6. The molecule has 122 valence electrons. The third-order valence-electron chi connectivity index (χ3n) is 5.57. The summed E-state index contributed by atoms with van der Waals surface area (Å²) in [5.41, 5.74) is 4.43. The number of rotatable bonds is 1. The molecule has 4 rings (SSSR count). The molecule has 2 aliphatic rings. The molecule has 1 aliphatic heterocycles. The summed E-state index contributed by atoms with van der Waals surface area (Å²) in [6.45, 7) is 3.22. The number of hydrogen-bond acceptors (Lipinski definition) is 2. The van der Waals surface area contributed by atoms with Crippen molar-refractivity contribution in [2.45, 2.75) is 45.1 Å². The summed E-state index contributed by atoms with van der Waals surface area (Å²) in [4.78, 5) is 18.3. The van der Waals surface area contributed by atoms with Gasteiger partial charge in [0.25, 0.3) is 5.91 Å². The number of H-pyrrole nitrogens is 1. The number of fused-ring (bicyclic) bond motifs is 3. The van der Waals surface area contributed by atoms with E-state index in [9.17, 15) is 9.90 Å². The second-order valence-corrected chi connectivity index (χ2v) is 7.10. The first-order chi connectivity index (χ1) is 11.1. The molecule has 1 saturated heterocycles. The molecule has 0 spiro atoms. The van der Waals surface area contributed by atoms with E-state index in [0.29, 0.717) is 6.54 Å². The number of amides is 1. The average Bonchev–Trinajstić information content (AvgIpc) is 2.95. The Bertz CT molecular complexity index is 749. The number of aliphatic hydroxyl groups is 1. The van der Waals surface area contributed by atoms with E-state index in [1.807, 2.05) is 19.1 Å². The van der Waals surface area contributed by atoms with Gasteiger partial charge in [-0.2, -0.15) is 0 Å². The van der Waals surface area contributed by atoms with Gasteiger partial charge >= 0.3 is 0 Å². The van der Waals surface area contributed by atoms with Crippen LogP contribution in [-0.2, 0) is 12.8 Å². The van der Waals surface area contributed by atoms with Crippen molar-refractivity contribution in [3.05, 3.63) is 35.0 Å². The minimum atomic E-state index is -0.413. The van der Waals surface area contributed by atoms with Crippen LogP contribution in [0.2, 0.25) is 0 Å². The molecule has 0 saturated carbocycles. The monoisotopic (exact) mass is 312 g/mol. The van der Waals surface area contributed by atoms with E-state index in [0.717, 1.165) is 36.9 Å². The number of β-amino-alcohol motifs (C(OH)–C–C–N with tert-alkyl or cyclic N) is 1. The van der Waals surface area contributed by atoms with Gasteiger partial charge in [0.15, 0.2) is 0 Å². The van der Waals surface area contributed by atoms with E-state index in [4.69, 9.17) is 0 Å². The Balaban J connectivity index is 1.71. The highest BCUT2D eigenvalue weighted by atomic mass is 16.3. The van der Waals surface area contributed by atoms with Crippen LogP contribution in [0.25, 0.3) is 10.9 Å². The number of aromatic nitrogens is 1. The average molecular weight is 312 g/mol. The maximum Gasteiger partial charge on any atom is 0.256 e. The molecule has 2 heterocycles. The predicted molar refractivity (Wildman–Crippen MR) is 90.6 cm³/mol. The standard InChI is InChI=1S/C19H24N2O2/c1-12-9-10-21(11-17(12)22)19(23)15-7-4-6-14-13-5-2-3-8-16(13)20-18(14)15/h4,6-7,12,17,20,22H,2-3,5,8-11H2,1H3. The smallest absolute Gasteiger partial charge is 0.256 e. The van der Waals surface area contributed by atoms with Gasteiger partial charge in [0.1, 0.15) is 0 Å². The number of nitrogens with one attached hydrogen (secondary N) is 1. The molecular formula is C19H24N2O2. The van der Waals surface area contributed by atoms with Crippen molar-refractivity contribution >= 4 is 16.8 Å². The lowest BCUT2D eigenvalue weighted by molar-refractivity contribution is 0.0250. The number of nitrogens with zero attached hydrogens (tertiary/aromatic N) is 1. The molecule has 4 heteroatoms. The van der Waals surface area contributed by atoms with E-state index in [1.54, 1.807) is 4.90 Å². The highest BCUT2D eigenvalue weighted by Crippen LogP contribution is 2.31. The van der Waals surface area contributed by atoms with Gasteiger partial charge in [0.2, 0.25) is 0 Å². The van der Waals surface area contributed by atoms with Gasteiger partial charge < -0.3 is 15.0 Å². The molecule has 1 aromatic carbocycles. The number of carbonyl (C=O) groups excluding carboxylic acids is 1. The molecule has 1 aromatic heterocycles. The first-order valence-corrected chi connectivity index (χ1v) is 8.75. The van der Waals surface area contributed by atoms with Gasteiger partial charge in [-0.3, -0.25) is 4.79 Å². The second-order valence-electron chi connectivity index (χ2n) is 7.10. The zero-order valence-electron chi connectivity index (χ0n) is 13.6. The molecule has 1 fully saturated rings. The summed E-state index contributed by atoms with van der Waals surface area (Å²) < 4.78 is 0. The first kappa shape index (κ1) is 14.8. The van der Waals surface area contributed by atoms with Gasteiger partial charge in [-0.25, -0.2) is 0 Å². The van der Waals surface area contributed by atoms with Gasteiger partial charge in [-0.1, -0.05) is 19.1 Å². The molecule has 0 bridgehead atoms. The topological polar surface area (TPSA) is 56.3 Å². The van der Waals surface area contributed by atoms with Crippen LogP contribution >= 0.6 is 0 Å². The van der Waals surface area contributed by atoms with Crippen LogP contribution in [0.1, 0.15) is 47.8 Å². The third kappa shape index (κ3) is 2.45. The molecule has 1 amide bonds. The summed E-state index contributed by atoms with van der Waals surface area (Å²) >= 11 is 0. The van der Waals surface area contributed by atoms with Crippen molar-refractivity contribution in [3.8, 4) is 0 Å². The van der Waals surface area contributed by atoms with Crippen LogP contribution < -0.4 is 0 Å². The fourth-order valence-electron chi connectivity index (χ4n) is 4.01. The first-order valence-electron chi connectivity index (χ1n) is 8.75. The van der Waals surface area contributed by atoms with E-state index in [1.165, 1.54) is 29.5 Å². The molecular weight excluding hydrogens is 288 g/mol. The van der Waals surface area contributed by atoms with Crippen molar-refractivity contribution in [2.24, 2.45) is 5.92 Å². The molecule has 0 radical (unpaired) electrons. The fourth-order valence-corrected chi connectivity index (χ4v) is 4.01. The molecule has 2 atom stereocenters. The number of aliphatic hydroxyl groups excluding tert-OH is 1. The quantitative estimate of drug-likeness (QED) is 0.850. The number of hydrogen-bond donors (Lipinski definition) is 2. The van der Waals surface area contributed by atoms with Gasteiger partial charge in [0, 0.05) is 24.2 Å². The van der Waals surface area contributed by atoms with Crippen molar-refractivity contribution < 1.29 is 9.90 Å². The number of carbonyl (C=O) groups is 1. The van der Waals surface area contributed by atoms with Crippen molar-refractivity contribution in [3.63, 3.8) is 0 Å². The Labute approximate surface area is 136 Å². The summed E-state index contributed by atoms with van der Waals surface area (Å²) in [7, 11) is 0. The Morgan fingerprint density at radius 3 is 2.96 bits per heavy atom. The lowest BCUT2D eigenvalue weighted by Gasteiger charge is -2.34. The van der Waals surface area contributed by atoms with E-state index >= 15 is 0 Å². The summed E-state index contributed by atoms with van der Waals surface area (Å²) in [5, 5.41) is 11.3. The minimum absolute atomic E-state index is 0.0418. The third-order valence-corrected chi connectivity index (χ3v) is 5.57. The number of likely N-dealkylation sites (tertiary alicyclic amines) is 1. The maximum atomic E-state index is 13.0. The van der Waals surface area contributed by atoms with E-state index in [-0.39, 0.29) is 11.8 Å². The van der Waals surface area contributed by atoms with Crippen molar-refractivity contribution in [1.82, 2.24) is 9.88 Å². The lowest BCUT2D eigenvalue weighted by atomic mass is 9.94. The molecule has 2 aromatic rings. The van der Waals surface area contributed by atoms with Gasteiger partial charge in [-0.15, -0.1) is 0 Å². The van der Waals surface area contributed by atoms with Crippen LogP contribution in [-0.4, -0.2) is 40.1 Å². The summed E-state index contributed by atoms with van der Waals surface area (Å²) in [5.74, 6) is 0.313. The van der Waals surface area contributed by atoms with Gasteiger partial charge in [0.05, 0.1) is 17.2 Å². The Hall–Kier alpha value is -1.81. The molecule has 23 heavy (non-hydrogen) atoms. The number of benzene rings is 1. The van der Waals surface area contributed by atoms with Crippen molar-refractivity contribution in [1.29, 1.82) is 0 Å². The Kier molecular flexibility index (Phi) is 3.64. The van der Waals surface area contributed by atoms with Crippen LogP contribution in [0.15, 0.2) is 18.2 Å². The highest BCUT2D eigenvalue weighted by molar-refractivity contribution is 6.06. The maximum absolute atomic E-state index is 13.0. The Morgan fingerprint density at radius 2 is 2.13 bits per heavy atom. The minimum Gasteiger partial charge on any atom is -0.391 e. The SMILES string of the molecule is CC1CCN(C(=O)c2cccc3c4c([nH]c23)CCCC4)CC1O. The number of aryl methyl sites for hydroxylation is 2. The molecule has 4 nitrogen and oxygen atoms in total. The molecule has 2 N–H and O–H groups in total. The molecule has 1 aliphatic carbocycles. The second kappa shape index (κ2) is 5.68. The largest absolute Gasteiger partial charge is 0.391 e. The van der Waals surface area contributed by atoms with Gasteiger partial charge in [-0.05, 0) is 49.7 Å². The lowest BCUT2D eigenvalue weighted by Crippen LogP contribution is -2.45. The van der Waals surface area contributed by atoms with Crippen LogP contribution in [0, 0.1) is 5.92 Å². The van der Waals surface area contributed by atoms with E-state index in [2.05, 4.69) is 11.1 Å². The van der Waals surface area contributed by atoms with E-state index < -0.39 is 6.10 Å². The zero-order chi connectivity index (χ0) is 16.0. The number of piperidine rings is 1. The van der Waals surface area contributed by atoms with Crippen molar-refractivity contribution in [2.75, 3.05) is 13.1 Å². The summed E-state index contributed by atoms with van der Waals surface area (Å²) in [6.07, 6.45) is 5.09. The number of para-hydroxylation sites is 1. The van der Waals surface area contributed by atoms with Crippen LogP contribution in [0.5, 0.6) is 0 Å². The molecule has 2 unspecified atom stereocenters. The summed E-state index contributed by atoms with van der Waals surface area (Å²) in [6, 6.07) is 6.03.